The van der Waals surface area contributed by atoms with Gasteiger partial charge in [0.05, 0.1) is 0 Å². The van der Waals surface area contributed by atoms with E-state index in [4.69, 9.17) is 11.6 Å². The number of rotatable bonds is 3. The zero-order valence-corrected chi connectivity index (χ0v) is 12.4. The van der Waals surface area contributed by atoms with Gasteiger partial charge in [-0.2, -0.15) is 0 Å². The Hall–Kier alpha value is -1.20. The van der Waals surface area contributed by atoms with Crippen molar-refractivity contribution in [2.75, 3.05) is 0 Å². The van der Waals surface area contributed by atoms with Crippen molar-refractivity contribution in [2.24, 2.45) is 0 Å². The largest absolute Gasteiger partial charge is 0.573 e. The minimum Gasteiger partial charge on any atom is -0.405 e. The monoisotopic (exact) mass is 364 g/mol. The van der Waals surface area contributed by atoms with Gasteiger partial charge in [-0.1, -0.05) is 51.8 Å². The molecule has 106 valence electrons. The van der Waals surface area contributed by atoms with Crippen LogP contribution < -0.4 is 4.74 Å². The molecule has 2 aromatic rings. The Morgan fingerprint density at radius 1 is 1.10 bits per heavy atom. The molecule has 0 saturated carbocycles. The van der Waals surface area contributed by atoms with E-state index in [1.165, 1.54) is 12.1 Å². The van der Waals surface area contributed by atoms with Crippen LogP contribution in [0.3, 0.4) is 0 Å². The second kappa shape index (κ2) is 6.06. The number of hydrogen-bond donors (Lipinski definition) is 0. The Balaban J connectivity index is 2.50. The van der Waals surface area contributed by atoms with E-state index in [9.17, 15) is 13.2 Å². The van der Waals surface area contributed by atoms with Crippen molar-refractivity contribution in [3.8, 4) is 16.9 Å². The summed E-state index contributed by atoms with van der Waals surface area (Å²) in [7, 11) is 0. The fourth-order valence-corrected chi connectivity index (χ4v) is 2.38. The van der Waals surface area contributed by atoms with Crippen molar-refractivity contribution >= 4 is 27.5 Å². The second-order valence-corrected chi connectivity index (χ2v) is 5.02. The molecule has 0 aromatic heterocycles. The number of hydrogen-bond acceptors (Lipinski definition) is 1. The molecule has 0 atom stereocenters. The lowest BCUT2D eigenvalue weighted by Crippen LogP contribution is -2.17. The van der Waals surface area contributed by atoms with Crippen LogP contribution in [0.15, 0.2) is 42.5 Å². The van der Waals surface area contributed by atoms with Gasteiger partial charge >= 0.3 is 6.36 Å². The maximum Gasteiger partial charge on any atom is 0.573 e. The summed E-state index contributed by atoms with van der Waals surface area (Å²) in [5, 5.41) is 1.02. The van der Waals surface area contributed by atoms with Crippen molar-refractivity contribution in [1.29, 1.82) is 0 Å². The van der Waals surface area contributed by atoms with Gasteiger partial charge in [-0.05, 0) is 29.3 Å². The van der Waals surface area contributed by atoms with Gasteiger partial charge in [0.25, 0.3) is 0 Å². The molecule has 1 nitrogen and oxygen atoms in total. The van der Waals surface area contributed by atoms with Gasteiger partial charge in [0, 0.05) is 15.9 Å². The highest BCUT2D eigenvalue weighted by Crippen LogP contribution is 2.35. The molecule has 0 aliphatic rings. The summed E-state index contributed by atoms with van der Waals surface area (Å²) in [4.78, 5) is 0. The molecule has 0 aliphatic carbocycles. The van der Waals surface area contributed by atoms with Gasteiger partial charge in [0.15, 0.2) is 0 Å². The van der Waals surface area contributed by atoms with Gasteiger partial charge < -0.3 is 4.74 Å². The van der Waals surface area contributed by atoms with E-state index in [1.807, 2.05) is 0 Å². The maximum atomic E-state index is 12.4. The van der Waals surface area contributed by atoms with Crippen LogP contribution in [-0.4, -0.2) is 6.36 Å². The van der Waals surface area contributed by atoms with E-state index in [0.29, 0.717) is 21.5 Å². The lowest BCUT2D eigenvalue weighted by atomic mass is 10.0. The topological polar surface area (TPSA) is 9.23 Å². The minimum absolute atomic E-state index is 0.247. The van der Waals surface area contributed by atoms with Crippen LogP contribution in [0.2, 0.25) is 5.02 Å². The highest BCUT2D eigenvalue weighted by Gasteiger charge is 2.32. The van der Waals surface area contributed by atoms with Gasteiger partial charge in [-0.15, -0.1) is 13.2 Å². The predicted octanol–water partition coefficient (Wildman–Crippen LogP) is 5.80. The van der Waals surface area contributed by atoms with Crippen molar-refractivity contribution in [3.05, 3.63) is 53.1 Å². The number of alkyl halides is 4. The SMILES string of the molecule is FC(F)(F)Oc1ccccc1-c1cc(Cl)cc(CBr)c1. The molecule has 0 aliphatic heterocycles. The average molecular weight is 366 g/mol. The standard InChI is InChI=1S/C14H9BrClF3O/c15-8-9-5-10(7-11(16)6-9)12-3-1-2-4-13(12)20-14(17,18)19/h1-7H,8H2. The van der Waals surface area contributed by atoms with Gasteiger partial charge in [0.1, 0.15) is 5.75 Å². The van der Waals surface area contributed by atoms with E-state index in [2.05, 4.69) is 20.7 Å². The molecule has 0 bridgehead atoms. The van der Waals surface area contributed by atoms with Crippen LogP contribution in [-0.2, 0) is 5.33 Å². The first-order chi connectivity index (χ1) is 9.39. The van der Waals surface area contributed by atoms with E-state index >= 15 is 0 Å². The molecule has 0 radical (unpaired) electrons. The highest BCUT2D eigenvalue weighted by atomic mass is 79.9. The first kappa shape index (κ1) is 15.2. The Labute approximate surface area is 127 Å². The number of ether oxygens (including phenoxy) is 1. The molecule has 0 unspecified atom stereocenters. The molecular formula is C14H9BrClF3O. The molecule has 0 spiro atoms. The molecule has 0 heterocycles. The minimum atomic E-state index is -4.73. The maximum absolute atomic E-state index is 12.4. The quantitative estimate of drug-likeness (QED) is 0.625. The summed E-state index contributed by atoms with van der Waals surface area (Å²) in [6.45, 7) is 0. The van der Waals surface area contributed by atoms with Crippen LogP contribution in [0.4, 0.5) is 13.2 Å². The van der Waals surface area contributed by atoms with E-state index in [1.54, 1.807) is 30.3 Å². The Bertz CT molecular complexity index is 614. The molecular weight excluding hydrogens is 357 g/mol. The summed E-state index contributed by atoms with van der Waals surface area (Å²) in [5.74, 6) is -0.247. The predicted molar refractivity (Wildman–Crippen MR) is 76.2 cm³/mol. The van der Waals surface area contributed by atoms with Crippen LogP contribution in [0, 0.1) is 0 Å². The third kappa shape index (κ3) is 3.90. The number of para-hydroxylation sites is 1. The van der Waals surface area contributed by atoms with Crippen LogP contribution in [0.1, 0.15) is 5.56 Å². The Kier molecular flexibility index (Phi) is 4.60. The molecule has 2 rings (SSSR count). The van der Waals surface area contributed by atoms with Gasteiger partial charge in [-0.3, -0.25) is 0 Å². The van der Waals surface area contributed by atoms with Crippen LogP contribution >= 0.6 is 27.5 Å². The summed E-state index contributed by atoms with van der Waals surface area (Å²) in [5.41, 5.74) is 1.79. The number of halogens is 5. The molecule has 2 aromatic carbocycles. The van der Waals surface area contributed by atoms with Gasteiger partial charge in [0.2, 0.25) is 0 Å². The molecule has 0 N–H and O–H groups in total. The van der Waals surface area contributed by atoms with Crippen molar-refractivity contribution in [1.82, 2.24) is 0 Å². The van der Waals surface area contributed by atoms with Crippen molar-refractivity contribution in [3.63, 3.8) is 0 Å². The Morgan fingerprint density at radius 2 is 1.80 bits per heavy atom. The second-order valence-electron chi connectivity index (χ2n) is 4.03. The lowest BCUT2D eigenvalue weighted by molar-refractivity contribution is -0.274. The van der Waals surface area contributed by atoms with Crippen LogP contribution in [0.5, 0.6) is 5.75 Å². The normalized spacial score (nSPS) is 11.4. The summed E-state index contributed by atoms with van der Waals surface area (Å²) in [6, 6.07) is 11.1. The molecule has 0 amide bonds. The van der Waals surface area contributed by atoms with E-state index in [-0.39, 0.29) is 5.75 Å². The first-order valence-corrected chi connectivity index (χ1v) is 7.09. The molecule has 0 fully saturated rings. The Morgan fingerprint density at radius 3 is 2.45 bits per heavy atom. The highest BCUT2D eigenvalue weighted by molar-refractivity contribution is 9.08. The third-order valence-corrected chi connectivity index (χ3v) is 3.40. The zero-order valence-electron chi connectivity index (χ0n) is 10.0. The van der Waals surface area contributed by atoms with Gasteiger partial charge in [-0.25, -0.2) is 0 Å². The fourth-order valence-electron chi connectivity index (χ4n) is 1.80. The van der Waals surface area contributed by atoms with Crippen LogP contribution in [0.25, 0.3) is 11.1 Å². The van der Waals surface area contributed by atoms with Crippen molar-refractivity contribution < 1.29 is 17.9 Å². The average Bonchev–Trinajstić information content (AvgIpc) is 2.36. The molecule has 0 saturated heterocycles. The summed E-state index contributed by atoms with van der Waals surface area (Å²) in [6.07, 6.45) is -4.73. The molecule has 6 heteroatoms. The summed E-state index contributed by atoms with van der Waals surface area (Å²) < 4.78 is 41.3. The molecule has 20 heavy (non-hydrogen) atoms. The first-order valence-electron chi connectivity index (χ1n) is 5.59. The third-order valence-electron chi connectivity index (χ3n) is 2.54. The van der Waals surface area contributed by atoms with Crippen molar-refractivity contribution in [2.45, 2.75) is 11.7 Å². The smallest absolute Gasteiger partial charge is 0.405 e. The fraction of sp³-hybridized carbons (Fsp3) is 0.143. The van der Waals surface area contributed by atoms with E-state index in [0.717, 1.165) is 5.56 Å². The number of benzene rings is 2. The lowest BCUT2D eigenvalue weighted by Gasteiger charge is -2.14. The zero-order chi connectivity index (χ0) is 14.8. The van der Waals surface area contributed by atoms with E-state index < -0.39 is 6.36 Å². The summed E-state index contributed by atoms with van der Waals surface area (Å²) >= 11 is 9.28.